The van der Waals surface area contributed by atoms with Crippen LogP contribution in [-0.4, -0.2) is 36.2 Å². The van der Waals surface area contributed by atoms with Crippen molar-refractivity contribution in [3.05, 3.63) is 41.6 Å². The lowest BCUT2D eigenvalue weighted by molar-refractivity contribution is -0.00552. The molecule has 0 spiro atoms. The largest absolute Gasteiger partial charge is 0.381 e. The maximum absolute atomic E-state index is 5.67. The molecule has 4 rings (SSSR count). The number of hydrogen-bond acceptors (Lipinski definition) is 3. The monoisotopic (exact) mass is 324 g/mol. The molecule has 3 heteroatoms. The Morgan fingerprint density at radius 3 is 2.79 bits per heavy atom. The van der Waals surface area contributed by atoms with Gasteiger partial charge in [-0.3, -0.25) is 9.88 Å². The van der Waals surface area contributed by atoms with Crippen LogP contribution in [0.5, 0.6) is 0 Å². The summed E-state index contributed by atoms with van der Waals surface area (Å²) in [6, 6.07) is 11.3. The number of nitrogens with zero attached hydrogens (tertiary/aromatic N) is 2. The minimum Gasteiger partial charge on any atom is -0.381 e. The molecule has 0 amide bonds. The summed E-state index contributed by atoms with van der Waals surface area (Å²) in [5.41, 5.74) is 3.92. The third kappa shape index (κ3) is 3.20. The molecule has 1 atom stereocenters. The van der Waals surface area contributed by atoms with Gasteiger partial charge in [-0.15, -0.1) is 0 Å². The van der Waals surface area contributed by atoms with Gasteiger partial charge in [0.1, 0.15) is 0 Å². The molecule has 2 aromatic rings. The SMILES string of the molecule is CC1(C)COCCC1c1ccc2cc(CN3CCCC3)ccc2n1. The molecule has 0 bridgehead atoms. The normalized spacial score (nSPS) is 24.5. The number of benzene rings is 1. The van der Waals surface area contributed by atoms with Crippen molar-refractivity contribution in [2.75, 3.05) is 26.3 Å². The van der Waals surface area contributed by atoms with Crippen molar-refractivity contribution in [1.29, 1.82) is 0 Å². The second-order valence-electron chi connectivity index (χ2n) is 8.13. The van der Waals surface area contributed by atoms with Crippen LogP contribution in [0.4, 0.5) is 0 Å². The maximum atomic E-state index is 5.67. The van der Waals surface area contributed by atoms with E-state index in [4.69, 9.17) is 9.72 Å². The third-order valence-corrected chi connectivity index (χ3v) is 5.71. The zero-order chi connectivity index (χ0) is 16.6. The Balaban J connectivity index is 1.59. The standard InChI is InChI=1S/C21H28N2O/c1-21(2)15-24-12-9-18(21)20-8-6-17-13-16(5-7-19(17)22-20)14-23-10-3-4-11-23/h5-8,13,18H,3-4,9-12,14-15H2,1-2H3. The summed E-state index contributed by atoms with van der Waals surface area (Å²) in [6.45, 7) is 9.82. The number of ether oxygens (including phenoxy) is 1. The molecule has 2 fully saturated rings. The first-order valence-electron chi connectivity index (χ1n) is 9.31. The summed E-state index contributed by atoms with van der Waals surface area (Å²) in [4.78, 5) is 7.55. The van der Waals surface area contributed by atoms with Gasteiger partial charge in [0.2, 0.25) is 0 Å². The van der Waals surface area contributed by atoms with Crippen LogP contribution in [0.3, 0.4) is 0 Å². The molecule has 1 unspecified atom stereocenters. The zero-order valence-corrected chi connectivity index (χ0v) is 14.9. The average molecular weight is 324 g/mol. The molecule has 2 aliphatic rings. The van der Waals surface area contributed by atoms with Gasteiger partial charge in [0.15, 0.2) is 0 Å². The van der Waals surface area contributed by atoms with E-state index in [2.05, 4.69) is 49.1 Å². The first kappa shape index (κ1) is 16.0. The third-order valence-electron chi connectivity index (χ3n) is 5.71. The highest BCUT2D eigenvalue weighted by molar-refractivity contribution is 5.79. The number of pyridine rings is 1. The quantitative estimate of drug-likeness (QED) is 0.839. The average Bonchev–Trinajstić information content (AvgIpc) is 3.07. The van der Waals surface area contributed by atoms with Crippen LogP contribution in [0.2, 0.25) is 0 Å². The van der Waals surface area contributed by atoms with E-state index in [1.807, 2.05) is 0 Å². The number of fused-ring (bicyclic) bond motifs is 1. The van der Waals surface area contributed by atoms with E-state index in [-0.39, 0.29) is 5.41 Å². The number of hydrogen-bond donors (Lipinski definition) is 0. The molecule has 0 aliphatic carbocycles. The predicted molar refractivity (Wildman–Crippen MR) is 98.2 cm³/mol. The lowest BCUT2D eigenvalue weighted by Gasteiger charge is -2.38. The van der Waals surface area contributed by atoms with Crippen LogP contribution in [0.15, 0.2) is 30.3 Å². The Bertz CT molecular complexity index is 719. The summed E-state index contributed by atoms with van der Waals surface area (Å²) < 4.78 is 5.67. The first-order valence-corrected chi connectivity index (χ1v) is 9.31. The molecule has 3 heterocycles. The fraction of sp³-hybridized carbons (Fsp3) is 0.571. The maximum Gasteiger partial charge on any atom is 0.0705 e. The summed E-state index contributed by atoms with van der Waals surface area (Å²) >= 11 is 0. The topological polar surface area (TPSA) is 25.4 Å². The van der Waals surface area contributed by atoms with Crippen LogP contribution in [0, 0.1) is 5.41 Å². The predicted octanol–water partition coefficient (Wildman–Crippen LogP) is 4.36. The minimum absolute atomic E-state index is 0.161. The molecule has 3 nitrogen and oxygen atoms in total. The Labute approximate surface area is 145 Å². The van der Waals surface area contributed by atoms with Crippen molar-refractivity contribution in [2.45, 2.75) is 45.6 Å². The number of likely N-dealkylation sites (tertiary alicyclic amines) is 1. The molecule has 1 aromatic heterocycles. The Morgan fingerprint density at radius 2 is 2.00 bits per heavy atom. The second-order valence-corrected chi connectivity index (χ2v) is 8.13. The fourth-order valence-corrected chi connectivity index (χ4v) is 4.26. The lowest BCUT2D eigenvalue weighted by Crippen LogP contribution is -2.34. The molecule has 2 aliphatic heterocycles. The Morgan fingerprint density at radius 1 is 1.17 bits per heavy atom. The first-order chi connectivity index (χ1) is 11.6. The van der Waals surface area contributed by atoms with Crippen LogP contribution < -0.4 is 0 Å². The fourth-order valence-electron chi connectivity index (χ4n) is 4.26. The van der Waals surface area contributed by atoms with Gasteiger partial charge in [-0.25, -0.2) is 0 Å². The van der Waals surface area contributed by atoms with E-state index in [9.17, 15) is 0 Å². The zero-order valence-electron chi connectivity index (χ0n) is 14.9. The highest BCUT2D eigenvalue weighted by atomic mass is 16.5. The molecule has 0 saturated carbocycles. The molecule has 0 radical (unpaired) electrons. The highest BCUT2D eigenvalue weighted by Crippen LogP contribution is 2.40. The van der Waals surface area contributed by atoms with E-state index < -0.39 is 0 Å². The number of rotatable bonds is 3. The van der Waals surface area contributed by atoms with E-state index >= 15 is 0 Å². The van der Waals surface area contributed by atoms with E-state index in [1.54, 1.807) is 0 Å². The van der Waals surface area contributed by atoms with Gasteiger partial charge in [-0.1, -0.05) is 26.0 Å². The van der Waals surface area contributed by atoms with Crippen molar-refractivity contribution < 1.29 is 4.74 Å². The van der Waals surface area contributed by atoms with Gasteiger partial charge in [-0.05, 0) is 61.5 Å². The van der Waals surface area contributed by atoms with E-state index in [0.717, 1.165) is 31.7 Å². The smallest absolute Gasteiger partial charge is 0.0705 e. The summed E-state index contributed by atoms with van der Waals surface area (Å²) in [5.74, 6) is 0.486. The van der Waals surface area contributed by atoms with Gasteiger partial charge < -0.3 is 4.74 Å². The highest BCUT2D eigenvalue weighted by Gasteiger charge is 2.35. The summed E-state index contributed by atoms with van der Waals surface area (Å²) in [5, 5.41) is 1.26. The van der Waals surface area contributed by atoms with Gasteiger partial charge in [0.05, 0.1) is 12.1 Å². The van der Waals surface area contributed by atoms with Gasteiger partial charge in [-0.2, -0.15) is 0 Å². The molecular formula is C21H28N2O. The van der Waals surface area contributed by atoms with Crippen molar-refractivity contribution in [2.24, 2.45) is 5.41 Å². The Hall–Kier alpha value is -1.45. The summed E-state index contributed by atoms with van der Waals surface area (Å²) in [7, 11) is 0. The van der Waals surface area contributed by atoms with Crippen molar-refractivity contribution in [3.63, 3.8) is 0 Å². The van der Waals surface area contributed by atoms with Crippen LogP contribution >= 0.6 is 0 Å². The molecule has 24 heavy (non-hydrogen) atoms. The van der Waals surface area contributed by atoms with Crippen LogP contribution in [0.1, 0.15) is 50.3 Å². The number of aromatic nitrogens is 1. The van der Waals surface area contributed by atoms with Gasteiger partial charge in [0.25, 0.3) is 0 Å². The van der Waals surface area contributed by atoms with Crippen LogP contribution in [-0.2, 0) is 11.3 Å². The molecule has 128 valence electrons. The van der Waals surface area contributed by atoms with E-state index in [1.165, 1.54) is 42.6 Å². The lowest BCUT2D eigenvalue weighted by atomic mass is 9.74. The Kier molecular flexibility index (Phi) is 4.31. The van der Waals surface area contributed by atoms with Crippen molar-refractivity contribution in [3.8, 4) is 0 Å². The van der Waals surface area contributed by atoms with E-state index in [0.29, 0.717) is 5.92 Å². The molecule has 1 aromatic carbocycles. The molecule has 0 N–H and O–H groups in total. The second kappa shape index (κ2) is 6.45. The van der Waals surface area contributed by atoms with Crippen molar-refractivity contribution in [1.82, 2.24) is 9.88 Å². The molecular weight excluding hydrogens is 296 g/mol. The molecule has 2 saturated heterocycles. The van der Waals surface area contributed by atoms with Crippen LogP contribution in [0.25, 0.3) is 10.9 Å². The minimum atomic E-state index is 0.161. The summed E-state index contributed by atoms with van der Waals surface area (Å²) in [6.07, 6.45) is 3.76. The van der Waals surface area contributed by atoms with Gasteiger partial charge in [0, 0.05) is 30.1 Å². The van der Waals surface area contributed by atoms with Crippen molar-refractivity contribution >= 4 is 10.9 Å². The van der Waals surface area contributed by atoms with Gasteiger partial charge >= 0.3 is 0 Å².